The highest BCUT2D eigenvalue weighted by atomic mass is 32.1. The molecule has 8 heavy (non-hydrogen) atoms. The summed E-state index contributed by atoms with van der Waals surface area (Å²) in [5, 5.41) is 2.72. The van der Waals surface area contributed by atoms with Crippen molar-refractivity contribution in [2.45, 2.75) is 6.23 Å². The Morgan fingerprint density at radius 1 is 2.00 bits per heavy atom. The molecule has 0 bridgehead atoms. The van der Waals surface area contributed by atoms with Gasteiger partial charge in [-0.25, -0.2) is 0 Å². The van der Waals surface area contributed by atoms with Crippen molar-refractivity contribution in [3.05, 3.63) is 0 Å². The van der Waals surface area contributed by atoms with Crippen LogP contribution in [-0.2, 0) is 9.53 Å². The van der Waals surface area contributed by atoms with Crippen molar-refractivity contribution in [1.82, 2.24) is 5.32 Å². The third-order valence-electron chi connectivity index (χ3n) is 0.708. The minimum Gasteiger partial charge on any atom is -0.448 e. The zero-order valence-corrected chi connectivity index (χ0v) is 5.52. The molecule has 3 nitrogen and oxygen atoms in total. The quantitative estimate of drug-likeness (QED) is 0.314. The average molecular weight is 135 g/mol. The molecule has 1 unspecified atom stereocenters. The first-order valence-corrected chi connectivity index (χ1v) is 2.85. The topological polar surface area (TPSA) is 38.3 Å². The van der Waals surface area contributed by atoms with E-state index < -0.39 is 0 Å². The van der Waals surface area contributed by atoms with Crippen molar-refractivity contribution in [3.63, 3.8) is 0 Å². The lowest BCUT2D eigenvalue weighted by Gasteiger charge is -2.08. The normalized spacial score (nSPS) is 12.8. The summed E-state index contributed by atoms with van der Waals surface area (Å²) in [6, 6.07) is 0. The number of carbonyl (C=O) groups is 1. The standard InChI is InChI=1S/C4H9NO2S/c1-5-4(2-8)7-3-6/h3-5,8H,2H2,1H3. The Bertz CT molecular complexity index is 65.1. The van der Waals surface area contributed by atoms with Gasteiger partial charge in [0.1, 0.15) is 0 Å². The Morgan fingerprint density at radius 3 is 2.75 bits per heavy atom. The number of hydrogen-bond donors (Lipinski definition) is 2. The summed E-state index contributed by atoms with van der Waals surface area (Å²) in [5.41, 5.74) is 0. The molecule has 0 aliphatic heterocycles. The Kier molecular flexibility index (Phi) is 4.79. The van der Waals surface area contributed by atoms with E-state index in [2.05, 4.69) is 22.7 Å². The molecular formula is C4H9NO2S. The van der Waals surface area contributed by atoms with Gasteiger partial charge in [-0.15, -0.1) is 0 Å². The van der Waals surface area contributed by atoms with Crippen LogP contribution >= 0.6 is 12.6 Å². The van der Waals surface area contributed by atoms with Gasteiger partial charge in [0, 0.05) is 5.75 Å². The van der Waals surface area contributed by atoms with Crippen LogP contribution in [0.15, 0.2) is 0 Å². The minimum absolute atomic E-state index is 0.254. The van der Waals surface area contributed by atoms with E-state index in [4.69, 9.17) is 0 Å². The van der Waals surface area contributed by atoms with Gasteiger partial charge in [0.25, 0.3) is 6.47 Å². The van der Waals surface area contributed by atoms with Gasteiger partial charge in [-0.1, -0.05) is 0 Å². The Balaban J connectivity index is 3.20. The minimum atomic E-state index is -0.254. The molecule has 0 saturated carbocycles. The number of thiol groups is 1. The smallest absolute Gasteiger partial charge is 0.294 e. The molecule has 0 spiro atoms. The molecule has 4 heteroatoms. The van der Waals surface area contributed by atoms with Crippen molar-refractivity contribution in [2.24, 2.45) is 0 Å². The summed E-state index contributed by atoms with van der Waals surface area (Å²) in [5.74, 6) is 0.495. The predicted molar refractivity (Wildman–Crippen MR) is 33.8 cm³/mol. The number of carbonyl (C=O) groups excluding carboxylic acids is 1. The van der Waals surface area contributed by atoms with Gasteiger partial charge in [-0.3, -0.25) is 10.1 Å². The van der Waals surface area contributed by atoms with Crippen LogP contribution in [0.3, 0.4) is 0 Å². The van der Waals surface area contributed by atoms with E-state index in [0.29, 0.717) is 12.2 Å². The second kappa shape index (κ2) is 4.93. The lowest BCUT2D eigenvalue weighted by molar-refractivity contribution is -0.133. The summed E-state index contributed by atoms with van der Waals surface area (Å²) in [6.45, 7) is 0.400. The second-order valence-corrected chi connectivity index (χ2v) is 1.56. The predicted octanol–water partition coefficient (Wildman–Crippen LogP) is -0.365. The van der Waals surface area contributed by atoms with E-state index >= 15 is 0 Å². The fraction of sp³-hybridized carbons (Fsp3) is 0.750. The third-order valence-corrected chi connectivity index (χ3v) is 1.04. The first kappa shape index (κ1) is 7.78. The highest BCUT2D eigenvalue weighted by Crippen LogP contribution is 1.84. The van der Waals surface area contributed by atoms with E-state index in [1.165, 1.54) is 0 Å². The zero-order chi connectivity index (χ0) is 6.41. The first-order chi connectivity index (χ1) is 3.85. The van der Waals surface area contributed by atoms with Crippen LogP contribution in [0.25, 0.3) is 0 Å². The van der Waals surface area contributed by atoms with Crippen molar-refractivity contribution in [1.29, 1.82) is 0 Å². The number of ether oxygens (including phenoxy) is 1. The fourth-order valence-electron chi connectivity index (χ4n) is 0.269. The largest absolute Gasteiger partial charge is 0.448 e. The molecule has 0 saturated heterocycles. The van der Waals surface area contributed by atoms with Gasteiger partial charge in [-0.05, 0) is 7.05 Å². The maximum Gasteiger partial charge on any atom is 0.294 e. The SMILES string of the molecule is CNC(CS)OC=O. The Hall–Kier alpha value is -0.220. The summed E-state index contributed by atoms with van der Waals surface area (Å²) >= 11 is 3.88. The van der Waals surface area contributed by atoms with E-state index in [9.17, 15) is 4.79 Å². The molecule has 0 fully saturated rings. The number of nitrogens with one attached hydrogen (secondary N) is 1. The Morgan fingerprint density at radius 2 is 2.62 bits per heavy atom. The Labute approximate surface area is 53.8 Å². The molecule has 0 aromatic rings. The molecule has 0 rings (SSSR count). The second-order valence-electron chi connectivity index (χ2n) is 1.19. The van der Waals surface area contributed by atoms with Crippen molar-refractivity contribution >= 4 is 19.1 Å². The summed E-state index contributed by atoms with van der Waals surface area (Å²) in [7, 11) is 1.70. The van der Waals surface area contributed by atoms with E-state index in [-0.39, 0.29) is 6.23 Å². The maximum absolute atomic E-state index is 9.64. The molecular weight excluding hydrogens is 126 g/mol. The molecule has 48 valence electrons. The first-order valence-electron chi connectivity index (χ1n) is 2.22. The van der Waals surface area contributed by atoms with Gasteiger partial charge >= 0.3 is 0 Å². The maximum atomic E-state index is 9.64. The average Bonchev–Trinajstić information content (AvgIpc) is 1.83. The molecule has 0 radical (unpaired) electrons. The van der Waals surface area contributed by atoms with Crippen LogP contribution in [0.5, 0.6) is 0 Å². The molecule has 1 atom stereocenters. The summed E-state index contributed by atoms with van der Waals surface area (Å²) in [4.78, 5) is 9.64. The molecule has 0 aliphatic carbocycles. The molecule has 0 amide bonds. The summed E-state index contributed by atoms with van der Waals surface area (Å²) < 4.78 is 4.47. The molecule has 0 aromatic carbocycles. The van der Waals surface area contributed by atoms with Gasteiger partial charge in [0.15, 0.2) is 6.23 Å². The third kappa shape index (κ3) is 2.87. The highest BCUT2D eigenvalue weighted by molar-refractivity contribution is 7.80. The lowest BCUT2D eigenvalue weighted by atomic mass is 10.7. The molecule has 0 aromatic heterocycles. The van der Waals surface area contributed by atoms with Crippen molar-refractivity contribution in [3.8, 4) is 0 Å². The lowest BCUT2D eigenvalue weighted by Crippen LogP contribution is -2.29. The van der Waals surface area contributed by atoms with Gasteiger partial charge in [0.2, 0.25) is 0 Å². The van der Waals surface area contributed by atoms with Crippen LogP contribution in [-0.4, -0.2) is 25.5 Å². The van der Waals surface area contributed by atoms with Gasteiger partial charge < -0.3 is 4.74 Å². The van der Waals surface area contributed by atoms with E-state index in [1.807, 2.05) is 0 Å². The van der Waals surface area contributed by atoms with Crippen LogP contribution < -0.4 is 5.32 Å². The van der Waals surface area contributed by atoms with Gasteiger partial charge in [-0.2, -0.15) is 12.6 Å². The molecule has 0 heterocycles. The van der Waals surface area contributed by atoms with Crippen molar-refractivity contribution < 1.29 is 9.53 Å². The number of rotatable bonds is 4. The zero-order valence-electron chi connectivity index (χ0n) is 4.63. The van der Waals surface area contributed by atoms with E-state index in [0.717, 1.165) is 0 Å². The van der Waals surface area contributed by atoms with Crippen LogP contribution in [0.2, 0.25) is 0 Å². The monoisotopic (exact) mass is 135 g/mol. The number of hydrogen-bond acceptors (Lipinski definition) is 4. The van der Waals surface area contributed by atoms with Crippen molar-refractivity contribution in [2.75, 3.05) is 12.8 Å². The fourth-order valence-corrected chi connectivity index (χ4v) is 0.538. The van der Waals surface area contributed by atoms with Crippen LogP contribution in [0, 0.1) is 0 Å². The van der Waals surface area contributed by atoms with E-state index in [1.54, 1.807) is 7.05 Å². The highest BCUT2D eigenvalue weighted by Gasteiger charge is 1.98. The van der Waals surface area contributed by atoms with Crippen LogP contribution in [0.4, 0.5) is 0 Å². The molecule has 0 aliphatic rings. The van der Waals surface area contributed by atoms with Crippen LogP contribution in [0.1, 0.15) is 0 Å². The van der Waals surface area contributed by atoms with Gasteiger partial charge in [0.05, 0.1) is 0 Å². The summed E-state index contributed by atoms with van der Waals surface area (Å²) in [6.07, 6.45) is -0.254. The molecule has 1 N–H and O–H groups in total.